The van der Waals surface area contributed by atoms with Gasteiger partial charge in [-0.2, -0.15) is 0 Å². The third kappa shape index (κ3) is 2.75. The van der Waals surface area contributed by atoms with E-state index in [0.29, 0.717) is 11.4 Å². The van der Waals surface area contributed by atoms with Crippen molar-refractivity contribution in [2.24, 2.45) is 0 Å². The number of hydrogen-bond acceptors (Lipinski definition) is 3. The second kappa shape index (κ2) is 5.36. The van der Waals surface area contributed by atoms with Crippen LogP contribution in [0.5, 0.6) is 0 Å². The molecule has 1 aliphatic heterocycles. The lowest BCUT2D eigenvalue weighted by Crippen LogP contribution is -2.23. The Kier molecular flexibility index (Phi) is 3.56. The van der Waals surface area contributed by atoms with Gasteiger partial charge >= 0.3 is 0 Å². The summed E-state index contributed by atoms with van der Waals surface area (Å²) in [6, 6.07) is 14.5. The highest BCUT2D eigenvalue weighted by Gasteiger charge is 2.14. The van der Waals surface area contributed by atoms with Crippen LogP contribution in [0.4, 0.5) is 0 Å². The molecule has 4 nitrogen and oxygen atoms in total. The van der Waals surface area contributed by atoms with Gasteiger partial charge in [0.25, 0.3) is 0 Å². The smallest absolute Gasteiger partial charge is 0.240 e. The van der Waals surface area contributed by atoms with Gasteiger partial charge in [0.05, 0.1) is 4.90 Å². The van der Waals surface area contributed by atoms with E-state index in [4.69, 9.17) is 0 Å². The maximum Gasteiger partial charge on any atom is 0.240 e. The van der Waals surface area contributed by atoms with Crippen LogP contribution >= 0.6 is 0 Å². The Morgan fingerprint density at radius 3 is 2.55 bits per heavy atom. The molecule has 2 N–H and O–H groups in total. The SMILES string of the molecule is O=S(=O)(NCc1ccc2c(c1)CNC2)c1ccccc1. The Labute approximate surface area is 118 Å². The van der Waals surface area contributed by atoms with E-state index in [0.717, 1.165) is 18.7 Å². The lowest BCUT2D eigenvalue weighted by atomic mass is 10.1. The van der Waals surface area contributed by atoms with E-state index >= 15 is 0 Å². The zero-order valence-electron chi connectivity index (χ0n) is 11.0. The Hall–Kier alpha value is -1.69. The predicted octanol–water partition coefficient (Wildman–Crippen LogP) is 1.77. The average molecular weight is 288 g/mol. The van der Waals surface area contributed by atoms with Gasteiger partial charge in [-0.15, -0.1) is 0 Å². The summed E-state index contributed by atoms with van der Waals surface area (Å²) in [6.07, 6.45) is 0. The summed E-state index contributed by atoms with van der Waals surface area (Å²) < 4.78 is 26.9. The van der Waals surface area contributed by atoms with E-state index in [1.54, 1.807) is 30.3 Å². The number of rotatable bonds is 4. The summed E-state index contributed by atoms with van der Waals surface area (Å²) in [5.41, 5.74) is 3.52. The molecule has 0 fully saturated rings. The third-order valence-electron chi connectivity index (χ3n) is 3.42. The second-order valence-electron chi connectivity index (χ2n) is 4.84. The summed E-state index contributed by atoms with van der Waals surface area (Å²) in [5.74, 6) is 0. The second-order valence-corrected chi connectivity index (χ2v) is 6.61. The maximum absolute atomic E-state index is 12.1. The van der Waals surface area contributed by atoms with Crippen molar-refractivity contribution in [2.75, 3.05) is 0 Å². The number of benzene rings is 2. The minimum atomic E-state index is -3.44. The molecular weight excluding hydrogens is 272 g/mol. The summed E-state index contributed by atoms with van der Waals surface area (Å²) in [6.45, 7) is 2.06. The molecule has 0 atom stereocenters. The summed E-state index contributed by atoms with van der Waals surface area (Å²) >= 11 is 0. The maximum atomic E-state index is 12.1. The van der Waals surface area contributed by atoms with E-state index < -0.39 is 10.0 Å². The highest BCUT2D eigenvalue weighted by molar-refractivity contribution is 7.89. The van der Waals surface area contributed by atoms with Crippen LogP contribution in [0.1, 0.15) is 16.7 Å². The molecule has 0 aromatic heterocycles. The topological polar surface area (TPSA) is 58.2 Å². The molecule has 0 saturated carbocycles. The van der Waals surface area contributed by atoms with Crippen molar-refractivity contribution in [3.05, 3.63) is 65.2 Å². The van der Waals surface area contributed by atoms with Crippen molar-refractivity contribution >= 4 is 10.0 Å². The van der Waals surface area contributed by atoms with Gasteiger partial charge in [-0.25, -0.2) is 13.1 Å². The van der Waals surface area contributed by atoms with Gasteiger partial charge in [-0.05, 0) is 28.8 Å². The molecule has 1 heterocycles. The standard InChI is InChI=1S/C15H16N2O2S/c18-20(19,15-4-2-1-3-5-15)17-9-12-6-7-13-10-16-11-14(13)8-12/h1-8,16-17H,9-11H2. The van der Waals surface area contributed by atoms with Crippen molar-refractivity contribution in [1.82, 2.24) is 10.0 Å². The Morgan fingerprint density at radius 2 is 1.75 bits per heavy atom. The lowest BCUT2D eigenvalue weighted by molar-refractivity contribution is 0.581. The molecule has 1 aliphatic rings. The fourth-order valence-corrected chi connectivity index (χ4v) is 3.36. The van der Waals surface area contributed by atoms with Crippen LogP contribution < -0.4 is 10.0 Å². The van der Waals surface area contributed by atoms with Crippen LogP contribution in [0, 0.1) is 0 Å². The molecule has 0 unspecified atom stereocenters. The van der Waals surface area contributed by atoms with E-state index in [9.17, 15) is 8.42 Å². The molecule has 0 amide bonds. The number of sulfonamides is 1. The molecule has 0 aliphatic carbocycles. The number of hydrogen-bond donors (Lipinski definition) is 2. The highest BCUT2D eigenvalue weighted by atomic mass is 32.2. The van der Waals surface area contributed by atoms with E-state index in [2.05, 4.69) is 22.2 Å². The first-order valence-electron chi connectivity index (χ1n) is 6.51. The minimum Gasteiger partial charge on any atom is -0.309 e. The third-order valence-corrected chi connectivity index (χ3v) is 4.84. The van der Waals surface area contributed by atoms with Gasteiger partial charge in [0.2, 0.25) is 10.0 Å². The van der Waals surface area contributed by atoms with Gasteiger partial charge in [-0.3, -0.25) is 0 Å². The van der Waals surface area contributed by atoms with Crippen molar-refractivity contribution in [3.63, 3.8) is 0 Å². The van der Waals surface area contributed by atoms with Crippen LogP contribution in [0.15, 0.2) is 53.4 Å². The molecule has 0 saturated heterocycles. The Balaban J connectivity index is 1.73. The van der Waals surface area contributed by atoms with Crippen molar-refractivity contribution in [2.45, 2.75) is 24.5 Å². The first-order chi connectivity index (χ1) is 9.65. The molecule has 0 radical (unpaired) electrons. The quantitative estimate of drug-likeness (QED) is 0.901. The fourth-order valence-electron chi connectivity index (χ4n) is 2.32. The summed E-state index contributed by atoms with van der Waals surface area (Å²) in [4.78, 5) is 0.294. The van der Waals surface area contributed by atoms with E-state index in [1.165, 1.54) is 11.1 Å². The van der Waals surface area contributed by atoms with Gasteiger partial charge in [-0.1, -0.05) is 36.4 Å². The molecule has 0 spiro atoms. The number of fused-ring (bicyclic) bond motifs is 1. The van der Waals surface area contributed by atoms with E-state index in [1.807, 2.05) is 6.07 Å². The van der Waals surface area contributed by atoms with Crippen molar-refractivity contribution in [3.8, 4) is 0 Å². The lowest BCUT2D eigenvalue weighted by Gasteiger charge is -2.08. The van der Waals surface area contributed by atoms with Gasteiger partial charge in [0, 0.05) is 19.6 Å². The Morgan fingerprint density at radius 1 is 1.00 bits per heavy atom. The molecule has 20 heavy (non-hydrogen) atoms. The summed E-state index contributed by atoms with van der Waals surface area (Å²) in [5, 5.41) is 3.27. The molecule has 3 rings (SSSR count). The van der Waals surface area contributed by atoms with Crippen LogP contribution in [-0.2, 0) is 29.7 Å². The predicted molar refractivity (Wildman–Crippen MR) is 77.5 cm³/mol. The normalized spacial score (nSPS) is 14.2. The largest absolute Gasteiger partial charge is 0.309 e. The molecular formula is C15H16N2O2S. The zero-order chi connectivity index (χ0) is 14.0. The minimum absolute atomic E-state index is 0.294. The first kappa shape index (κ1) is 13.3. The zero-order valence-corrected chi connectivity index (χ0v) is 11.8. The Bertz CT molecular complexity index is 712. The molecule has 104 valence electrons. The molecule has 0 bridgehead atoms. The monoisotopic (exact) mass is 288 g/mol. The molecule has 2 aromatic rings. The average Bonchev–Trinajstić information content (AvgIpc) is 2.94. The fraction of sp³-hybridized carbons (Fsp3) is 0.200. The molecule has 2 aromatic carbocycles. The van der Waals surface area contributed by atoms with Crippen LogP contribution in [0.25, 0.3) is 0 Å². The van der Waals surface area contributed by atoms with Crippen molar-refractivity contribution in [1.29, 1.82) is 0 Å². The van der Waals surface area contributed by atoms with Gasteiger partial charge in [0.15, 0.2) is 0 Å². The first-order valence-corrected chi connectivity index (χ1v) is 7.99. The van der Waals surface area contributed by atoms with Gasteiger partial charge in [0.1, 0.15) is 0 Å². The number of nitrogens with one attached hydrogen (secondary N) is 2. The highest BCUT2D eigenvalue weighted by Crippen LogP contribution is 2.17. The van der Waals surface area contributed by atoms with Crippen LogP contribution in [0.2, 0.25) is 0 Å². The van der Waals surface area contributed by atoms with E-state index in [-0.39, 0.29) is 0 Å². The van der Waals surface area contributed by atoms with Crippen LogP contribution in [-0.4, -0.2) is 8.42 Å². The molecule has 5 heteroatoms. The van der Waals surface area contributed by atoms with Crippen molar-refractivity contribution < 1.29 is 8.42 Å². The summed E-state index contributed by atoms with van der Waals surface area (Å²) in [7, 11) is -3.44. The van der Waals surface area contributed by atoms with Crippen LogP contribution in [0.3, 0.4) is 0 Å². The van der Waals surface area contributed by atoms with Gasteiger partial charge < -0.3 is 5.32 Å².